The number of halogens is 1. The van der Waals surface area contributed by atoms with Crippen LogP contribution >= 0.6 is 0 Å². The SMILES string of the molecule is COc1ccc(F)cc1COc1ccc2c(c1)CCC(OCC(=O)O)C2. The quantitative estimate of drug-likeness (QED) is 0.820. The fourth-order valence-electron chi connectivity index (χ4n) is 3.14. The van der Waals surface area contributed by atoms with Crippen LogP contribution in [-0.4, -0.2) is 30.9 Å². The molecular weight excluding hydrogens is 339 g/mol. The normalized spacial score (nSPS) is 16.0. The van der Waals surface area contributed by atoms with Crippen LogP contribution in [0.1, 0.15) is 23.1 Å². The monoisotopic (exact) mass is 360 g/mol. The molecule has 1 unspecified atom stereocenters. The van der Waals surface area contributed by atoms with Crippen LogP contribution in [0.5, 0.6) is 11.5 Å². The van der Waals surface area contributed by atoms with Gasteiger partial charge in [0, 0.05) is 5.56 Å². The van der Waals surface area contributed by atoms with E-state index < -0.39 is 5.97 Å². The zero-order valence-corrected chi connectivity index (χ0v) is 14.5. The fraction of sp³-hybridized carbons (Fsp3) is 0.350. The molecule has 0 fully saturated rings. The molecule has 0 heterocycles. The van der Waals surface area contributed by atoms with E-state index in [1.165, 1.54) is 17.7 Å². The molecule has 26 heavy (non-hydrogen) atoms. The van der Waals surface area contributed by atoms with E-state index in [-0.39, 0.29) is 25.1 Å². The smallest absolute Gasteiger partial charge is 0.329 e. The summed E-state index contributed by atoms with van der Waals surface area (Å²) in [5, 5.41) is 8.71. The predicted molar refractivity (Wildman–Crippen MR) is 93.1 cm³/mol. The first-order valence-corrected chi connectivity index (χ1v) is 8.45. The predicted octanol–water partition coefficient (Wildman–Crippen LogP) is 3.37. The third-order valence-corrected chi connectivity index (χ3v) is 4.44. The topological polar surface area (TPSA) is 65.0 Å². The number of aliphatic carboxylic acids is 1. The summed E-state index contributed by atoms with van der Waals surface area (Å²) in [6, 6.07) is 10.2. The van der Waals surface area contributed by atoms with E-state index >= 15 is 0 Å². The Bertz CT molecular complexity index is 790. The highest BCUT2D eigenvalue weighted by Crippen LogP contribution is 2.28. The summed E-state index contributed by atoms with van der Waals surface area (Å²) in [6.45, 7) is -0.0548. The van der Waals surface area contributed by atoms with Crippen molar-refractivity contribution in [2.75, 3.05) is 13.7 Å². The van der Waals surface area contributed by atoms with Crippen molar-refractivity contribution in [1.82, 2.24) is 0 Å². The number of hydrogen-bond acceptors (Lipinski definition) is 4. The van der Waals surface area contributed by atoms with E-state index in [1.54, 1.807) is 13.2 Å². The first kappa shape index (κ1) is 18.2. The lowest BCUT2D eigenvalue weighted by Gasteiger charge is -2.24. The first-order valence-electron chi connectivity index (χ1n) is 8.45. The summed E-state index contributed by atoms with van der Waals surface area (Å²) in [4.78, 5) is 10.6. The molecule has 1 aliphatic rings. The molecule has 0 aromatic heterocycles. The molecule has 0 bridgehead atoms. The average molecular weight is 360 g/mol. The number of ether oxygens (including phenoxy) is 3. The number of carbonyl (C=O) groups is 1. The molecule has 1 atom stereocenters. The lowest BCUT2D eigenvalue weighted by molar-refractivity contribution is -0.144. The van der Waals surface area contributed by atoms with Crippen molar-refractivity contribution in [3.63, 3.8) is 0 Å². The molecule has 138 valence electrons. The maximum Gasteiger partial charge on any atom is 0.329 e. The Morgan fingerprint density at radius 2 is 2.08 bits per heavy atom. The summed E-state index contributed by atoms with van der Waals surface area (Å²) in [7, 11) is 1.54. The van der Waals surface area contributed by atoms with Gasteiger partial charge in [-0.3, -0.25) is 0 Å². The van der Waals surface area contributed by atoms with Gasteiger partial charge >= 0.3 is 5.97 Å². The molecular formula is C20H21FO5. The molecule has 0 aliphatic heterocycles. The van der Waals surface area contributed by atoms with Gasteiger partial charge in [0.1, 0.15) is 30.5 Å². The Hall–Kier alpha value is -2.60. The van der Waals surface area contributed by atoms with Gasteiger partial charge in [-0.05, 0) is 60.7 Å². The zero-order valence-electron chi connectivity index (χ0n) is 14.5. The van der Waals surface area contributed by atoms with E-state index in [4.69, 9.17) is 19.3 Å². The van der Waals surface area contributed by atoms with Crippen LogP contribution in [0.2, 0.25) is 0 Å². The molecule has 0 saturated heterocycles. The summed E-state index contributed by atoms with van der Waals surface area (Å²) in [6.07, 6.45) is 2.21. The fourth-order valence-corrected chi connectivity index (χ4v) is 3.14. The van der Waals surface area contributed by atoms with E-state index in [9.17, 15) is 9.18 Å². The summed E-state index contributed by atoms with van der Waals surface area (Å²) < 4.78 is 29.9. The number of benzene rings is 2. The van der Waals surface area contributed by atoms with Crippen LogP contribution in [0, 0.1) is 5.82 Å². The Balaban J connectivity index is 1.63. The van der Waals surface area contributed by atoms with E-state index in [0.29, 0.717) is 23.5 Å². The molecule has 2 aromatic rings. The average Bonchev–Trinajstić information content (AvgIpc) is 2.64. The van der Waals surface area contributed by atoms with Gasteiger partial charge in [-0.25, -0.2) is 9.18 Å². The molecule has 1 aliphatic carbocycles. The number of methoxy groups -OCH3 is 1. The molecule has 6 heteroatoms. The van der Waals surface area contributed by atoms with Gasteiger partial charge in [-0.2, -0.15) is 0 Å². The first-order chi connectivity index (χ1) is 12.5. The lowest BCUT2D eigenvalue weighted by atomic mass is 9.89. The number of carboxylic acids is 1. The van der Waals surface area contributed by atoms with E-state index in [1.807, 2.05) is 18.2 Å². The number of rotatable bonds is 7. The minimum Gasteiger partial charge on any atom is -0.496 e. The van der Waals surface area contributed by atoms with Gasteiger partial charge < -0.3 is 19.3 Å². The molecule has 2 aromatic carbocycles. The van der Waals surface area contributed by atoms with Crippen LogP contribution in [0.3, 0.4) is 0 Å². The highest BCUT2D eigenvalue weighted by atomic mass is 19.1. The Kier molecular flexibility index (Phi) is 5.73. The molecule has 1 N–H and O–H groups in total. The number of aryl methyl sites for hydroxylation is 1. The number of hydrogen-bond donors (Lipinski definition) is 1. The summed E-state index contributed by atoms with van der Waals surface area (Å²) in [5.41, 5.74) is 2.96. The highest BCUT2D eigenvalue weighted by molar-refractivity contribution is 5.68. The van der Waals surface area contributed by atoms with Crippen LogP contribution < -0.4 is 9.47 Å². The summed E-state index contributed by atoms with van der Waals surface area (Å²) >= 11 is 0. The van der Waals surface area contributed by atoms with Crippen LogP contribution in [-0.2, 0) is 29.0 Å². The van der Waals surface area contributed by atoms with Gasteiger partial charge in [0.25, 0.3) is 0 Å². The van der Waals surface area contributed by atoms with Gasteiger partial charge in [-0.15, -0.1) is 0 Å². The lowest BCUT2D eigenvalue weighted by Crippen LogP contribution is -2.25. The number of fused-ring (bicyclic) bond motifs is 1. The van der Waals surface area contributed by atoms with Crippen LogP contribution in [0.25, 0.3) is 0 Å². The van der Waals surface area contributed by atoms with Crippen molar-refractivity contribution in [2.45, 2.75) is 32.0 Å². The third-order valence-electron chi connectivity index (χ3n) is 4.44. The van der Waals surface area contributed by atoms with Gasteiger partial charge in [0.05, 0.1) is 13.2 Å². The van der Waals surface area contributed by atoms with Crippen molar-refractivity contribution in [3.8, 4) is 11.5 Å². The molecule has 3 rings (SSSR count). The van der Waals surface area contributed by atoms with Gasteiger partial charge in [-0.1, -0.05) is 6.07 Å². The Labute approximate surface area is 151 Å². The third kappa shape index (κ3) is 4.52. The van der Waals surface area contributed by atoms with Gasteiger partial charge in [0.15, 0.2) is 0 Å². The zero-order chi connectivity index (χ0) is 18.5. The molecule has 0 radical (unpaired) electrons. The Morgan fingerprint density at radius 3 is 2.85 bits per heavy atom. The molecule has 0 saturated carbocycles. The largest absolute Gasteiger partial charge is 0.496 e. The van der Waals surface area contributed by atoms with Crippen molar-refractivity contribution >= 4 is 5.97 Å². The van der Waals surface area contributed by atoms with Crippen molar-refractivity contribution < 1.29 is 28.5 Å². The van der Waals surface area contributed by atoms with Crippen molar-refractivity contribution in [2.24, 2.45) is 0 Å². The minimum absolute atomic E-state index is 0.0677. The second-order valence-corrected chi connectivity index (χ2v) is 6.24. The van der Waals surface area contributed by atoms with Crippen LogP contribution in [0.15, 0.2) is 36.4 Å². The van der Waals surface area contributed by atoms with Crippen LogP contribution in [0.4, 0.5) is 4.39 Å². The Morgan fingerprint density at radius 1 is 1.23 bits per heavy atom. The molecule has 0 amide bonds. The standard InChI is InChI=1S/C20H21FO5/c1-24-19-7-4-16(21)8-15(19)11-25-17-5-2-14-10-18(26-12-20(22)23)6-3-13(14)9-17/h2,4-5,7-9,18H,3,6,10-12H2,1H3,(H,22,23). The number of carboxylic acid groups (broad SMARTS) is 1. The maximum absolute atomic E-state index is 13.4. The second-order valence-electron chi connectivity index (χ2n) is 6.24. The van der Waals surface area contributed by atoms with Gasteiger partial charge in [0.2, 0.25) is 0 Å². The van der Waals surface area contributed by atoms with E-state index in [0.717, 1.165) is 18.4 Å². The van der Waals surface area contributed by atoms with Crippen molar-refractivity contribution in [1.29, 1.82) is 0 Å². The van der Waals surface area contributed by atoms with Crippen molar-refractivity contribution in [3.05, 3.63) is 58.9 Å². The minimum atomic E-state index is -0.952. The highest BCUT2D eigenvalue weighted by Gasteiger charge is 2.20. The maximum atomic E-state index is 13.4. The second kappa shape index (κ2) is 8.19. The summed E-state index contributed by atoms with van der Waals surface area (Å²) in [5.74, 6) is 0.0114. The molecule has 0 spiro atoms. The molecule has 5 nitrogen and oxygen atoms in total. The van der Waals surface area contributed by atoms with E-state index in [2.05, 4.69) is 0 Å².